The van der Waals surface area contributed by atoms with E-state index in [1.807, 2.05) is 36.4 Å². The molecule has 0 aromatic heterocycles. The Balaban J connectivity index is 1.37. The van der Waals surface area contributed by atoms with Gasteiger partial charge in [-0.3, -0.25) is 4.90 Å². The third kappa shape index (κ3) is 6.40. The van der Waals surface area contributed by atoms with Gasteiger partial charge >= 0.3 is 11.9 Å². The maximum absolute atomic E-state index is 13.4. The molecule has 4 rings (SSSR count). The summed E-state index contributed by atoms with van der Waals surface area (Å²) < 4.78 is 16.3. The average molecular weight is 554 g/mol. The van der Waals surface area contributed by atoms with E-state index in [0.717, 1.165) is 44.2 Å². The fourth-order valence-corrected chi connectivity index (χ4v) is 5.54. The molecule has 0 radical (unpaired) electrons. The standard InChI is InChI=1S/C30H36ClN3O5/c1-20-26(29(35)38-4)28(22-10-5-6-11-23(22)31)27(21(2)32-20)30(36)39-19-9-14-33-15-17-34(18-16-33)24-12-7-8-13-25(24)37-3/h5-8,10-13,28,32H,9,14-19H2,1-4H3. The topological polar surface area (TPSA) is 80.3 Å². The Labute approximate surface area is 235 Å². The second-order valence-electron chi connectivity index (χ2n) is 9.64. The molecule has 0 spiro atoms. The van der Waals surface area contributed by atoms with E-state index < -0.39 is 17.9 Å². The zero-order valence-corrected chi connectivity index (χ0v) is 23.7. The van der Waals surface area contributed by atoms with E-state index in [-0.39, 0.29) is 6.61 Å². The normalized spacial score (nSPS) is 18.1. The number of allylic oxidation sites excluding steroid dienone is 2. The number of piperazine rings is 1. The number of nitrogens with one attached hydrogen (secondary N) is 1. The Morgan fingerprint density at radius 1 is 0.923 bits per heavy atom. The summed E-state index contributed by atoms with van der Waals surface area (Å²) in [5.74, 6) is -0.798. The minimum absolute atomic E-state index is 0.272. The molecule has 0 bridgehead atoms. The number of ether oxygens (including phenoxy) is 3. The van der Waals surface area contributed by atoms with Crippen molar-refractivity contribution in [2.24, 2.45) is 0 Å². The van der Waals surface area contributed by atoms with Gasteiger partial charge in [-0.2, -0.15) is 0 Å². The van der Waals surface area contributed by atoms with Gasteiger partial charge in [0.2, 0.25) is 0 Å². The maximum Gasteiger partial charge on any atom is 0.336 e. The molecule has 0 saturated carbocycles. The summed E-state index contributed by atoms with van der Waals surface area (Å²) in [7, 11) is 3.02. The van der Waals surface area contributed by atoms with E-state index >= 15 is 0 Å². The highest BCUT2D eigenvalue weighted by Gasteiger charge is 2.38. The van der Waals surface area contributed by atoms with Crippen molar-refractivity contribution in [3.8, 4) is 5.75 Å². The number of nitrogens with zero attached hydrogens (tertiary/aromatic N) is 2. The molecular formula is C30H36ClN3O5. The van der Waals surface area contributed by atoms with Crippen LogP contribution < -0.4 is 15.0 Å². The zero-order valence-electron chi connectivity index (χ0n) is 23.0. The first-order valence-electron chi connectivity index (χ1n) is 13.1. The minimum Gasteiger partial charge on any atom is -0.495 e. The van der Waals surface area contributed by atoms with Crippen LogP contribution >= 0.6 is 11.6 Å². The average Bonchev–Trinajstić information content (AvgIpc) is 2.95. The largest absolute Gasteiger partial charge is 0.495 e. The third-order valence-corrected chi connectivity index (χ3v) is 7.60. The Morgan fingerprint density at radius 2 is 1.56 bits per heavy atom. The number of anilines is 1. The van der Waals surface area contributed by atoms with Crippen molar-refractivity contribution < 1.29 is 23.8 Å². The molecule has 1 unspecified atom stereocenters. The van der Waals surface area contributed by atoms with E-state index in [1.54, 1.807) is 27.0 Å². The maximum atomic E-state index is 13.4. The summed E-state index contributed by atoms with van der Waals surface area (Å²) in [4.78, 5) is 30.9. The predicted octanol–water partition coefficient (Wildman–Crippen LogP) is 4.51. The van der Waals surface area contributed by atoms with Gasteiger partial charge in [0.1, 0.15) is 5.75 Å². The number of para-hydroxylation sites is 2. The summed E-state index contributed by atoms with van der Waals surface area (Å²) >= 11 is 6.53. The van der Waals surface area contributed by atoms with Crippen LogP contribution in [0.25, 0.3) is 0 Å². The number of methoxy groups -OCH3 is 2. The quantitative estimate of drug-likeness (QED) is 0.359. The number of hydrogen-bond acceptors (Lipinski definition) is 8. The summed E-state index contributed by atoms with van der Waals surface area (Å²) in [6.45, 7) is 8.33. The van der Waals surface area contributed by atoms with Gasteiger partial charge in [-0.15, -0.1) is 0 Å². The molecule has 1 N–H and O–H groups in total. The molecule has 2 aromatic rings. The van der Waals surface area contributed by atoms with Crippen LogP contribution in [0.1, 0.15) is 31.7 Å². The molecule has 2 aromatic carbocycles. The summed E-state index contributed by atoms with van der Waals surface area (Å²) in [6, 6.07) is 15.3. The number of carbonyl (C=O) groups excluding carboxylic acids is 2. The highest BCUT2D eigenvalue weighted by Crippen LogP contribution is 2.41. The highest BCUT2D eigenvalue weighted by molar-refractivity contribution is 6.31. The Kier molecular flexibility index (Phi) is 9.54. The van der Waals surface area contributed by atoms with Crippen molar-refractivity contribution in [2.45, 2.75) is 26.2 Å². The summed E-state index contributed by atoms with van der Waals surface area (Å²) in [5, 5.41) is 3.62. The van der Waals surface area contributed by atoms with Crippen LogP contribution in [0, 0.1) is 0 Å². The molecule has 1 atom stereocenters. The molecule has 2 heterocycles. The van der Waals surface area contributed by atoms with Crippen LogP contribution in [0.15, 0.2) is 71.1 Å². The number of esters is 2. The Bertz CT molecular complexity index is 1270. The lowest BCUT2D eigenvalue weighted by Gasteiger charge is -2.36. The smallest absolute Gasteiger partial charge is 0.336 e. The lowest BCUT2D eigenvalue weighted by molar-refractivity contribution is -0.139. The van der Waals surface area contributed by atoms with Gasteiger partial charge in [-0.25, -0.2) is 9.59 Å². The fourth-order valence-electron chi connectivity index (χ4n) is 5.30. The van der Waals surface area contributed by atoms with Gasteiger partial charge in [-0.05, 0) is 44.0 Å². The first-order valence-corrected chi connectivity index (χ1v) is 13.5. The molecule has 2 aliphatic rings. The van der Waals surface area contributed by atoms with Crippen molar-refractivity contribution in [3.05, 3.63) is 81.7 Å². The summed E-state index contributed by atoms with van der Waals surface area (Å²) in [6.07, 6.45) is 0.704. The van der Waals surface area contributed by atoms with E-state index in [2.05, 4.69) is 21.2 Å². The van der Waals surface area contributed by atoms with Crippen LogP contribution in [0.5, 0.6) is 5.75 Å². The number of benzene rings is 2. The van der Waals surface area contributed by atoms with Crippen LogP contribution in [0.3, 0.4) is 0 Å². The molecule has 208 valence electrons. The molecular weight excluding hydrogens is 518 g/mol. The van der Waals surface area contributed by atoms with E-state index in [1.165, 1.54) is 7.11 Å². The van der Waals surface area contributed by atoms with Gasteiger partial charge < -0.3 is 24.4 Å². The molecule has 8 nitrogen and oxygen atoms in total. The number of dihydropyridines is 1. The van der Waals surface area contributed by atoms with Crippen LogP contribution in [-0.2, 0) is 19.1 Å². The van der Waals surface area contributed by atoms with Gasteiger partial charge in [0, 0.05) is 49.1 Å². The molecule has 0 aliphatic carbocycles. The molecule has 39 heavy (non-hydrogen) atoms. The van der Waals surface area contributed by atoms with Crippen LogP contribution in [-0.4, -0.2) is 70.4 Å². The lowest BCUT2D eigenvalue weighted by Crippen LogP contribution is -2.46. The number of halogens is 1. The van der Waals surface area contributed by atoms with E-state index in [4.69, 9.17) is 25.8 Å². The Hall–Kier alpha value is -3.49. The number of carbonyl (C=O) groups is 2. The molecule has 1 saturated heterocycles. The van der Waals surface area contributed by atoms with Crippen LogP contribution in [0.2, 0.25) is 5.02 Å². The van der Waals surface area contributed by atoms with E-state index in [9.17, 15) is 9.59 Å². The van der Waals surface area contributed by atoms with Crippen molar-refractivity contribution in [3.63, 3.8) is 0 Å². The fraction of sp³-hybridized carbons (Fsp3) is 0.400. The number of rotatable bonds is 9. The second-order valence-corrected chi connectivity index (χ2v) is 10.0. The SMILES string of the molecule is COC(=O)C1=C(C)NC(C)=C(C(=O)OCCCN2CCN(c3ccccc3OC)CC2)C1c1ccccc1Cl. The zero-order chi connectivity index (χ0) is 27.9. The van der Waals surface area contributed by atoms with Crippen molar-refractivity contribution >= 4 is 29.2 Å². The van der Waals surface area contributed by atoms with Crippen molar-refractivity contribution in [1.29, 1.82) is 0 Å². The van der Waals surface area contributed by atoms with Crippen molar-refractivity contribution in [1.82, 2.24) is 10.2 Å². The van der Waals surface area contributed by atoms with Crippen molar-refractivity contribution in [2.75, 3.05) is 58.5 Å². The summed E-state index contributed by atoms with van der Waals surface area (Å²) in [5.41, 5.74) is 3.72. The Morgan fingerprint density at radius 3 is 2.23 bits per heavy atom. The highest BCUT2D eigenvalue weighted by atomic mass is 35.5. The molecule has 0 amide bonds. The van der Waals surface area contributed by atoms with Gasteiger partial charge in [0.25, 0.3) is 0 Å². The van der Waals surface area contributed by atoms with Gasteiger partial charge in [0.15, 0.2) is 0 Å². The third-order valence-electron chi connectivity index (χ3n) is 7.25. The van der Waals surface area contributed by atoms with Crippen LogP contribution in [0.4, 0.5) is 5.69 Å². The van der Waals surface area contributed by atoms with Gasteiger partial charge in [-0.1, -0.05) is 41.9 Å². The number of hydrogen-bond donors (Lipinski definition) is 1. The first-order chi connectivity index (χ1) is 18.8. The van der Waals surface area contributed by atoms with Gasteiger partial charge in [0.05, 0.1) is 43.6 Å². The molecule has 1 fully saturated rings. The monoisotopic (exact) mass is 553 g/mol. The molecule has 2 aliphatic heterocycles. The first kappa shape index (κ1) is 28.5. The minimum atomic E-state index is -0.692. The lowest BCUT2D eigenvalue weighted by atomic mass is 9.80. The molecule has 9 heteroatoms. The van der Waals surface area contributed by atoms with E-state index in [0.29, 0.717) is 39.5 Å². The second kappa shape index (κ2) is 13.0. The predicted molar refractivity (Wildman–Crippen MR) is 152 cm³/mol.